The van der Waals surface area contributed by atoms with E-state index in [-0.39, 0.29) is 13.2 Å². The zero-order valence-corrected chi connectivity index (χ0v) is 11.0. The van der Waals surface area contributed by atoms with Crippen molar-refractivity contribution in [3.8, 4) is 0 Å². The van der Waals surface area contributed by atoms with Crippen LogP contribution in [0.3, 0.4) is 0 Å². The minimum absolute atomic E-state index is 0.0200. The van der Waals surface area contributed by atoms with Gasteiger partial charge in [0.05, 0.1) is 18.8 Å². The molecular weight excluding hydrogens is 252 g/mol. The van der Waals surface area contributed by atoms with Crippen LogP contribution in [0.4, 0.5) is 0 Å². The molecule has 0 bridgehead atoms. The Hall–Kier alpha value is -2.17. The number of hydrogen-bond acceptors (Lipinski definition) is 4. The molecule has 1 heterocycles. The van der Waals surface area contributed by atoms with E-state index in [1.54, 1.807) is 0 Å². The first-order valence-electron chi connectivity index (χ1n) is 6.55. The van der Waals surface area contributed by atoms with E-state index in [9.17, 15) is 10.3 Å². The molecule has 20 heavy (non-hydrogen) atoms. The highest BCUT2D eigenvalue weighted by Gasteiger charge is 2.18. The molecule has 0 radical (unpaired) electrons. The lowest BCUT2D eigenvalue weighted by Crippen LogP contribution is -2.28. The van der Waals surface area contributed by atoms with Crippen molar-refractivity contribution < 1.29 is 10.3 Å². The summed E-state index contributed by atoms with van der Waals surface area (Å²) in [6.45, 7) is 0.267. The SMILES string of the molecule is N=C1CC=C(c2cccc3cc(CO)ccc23)N(O)C1. The van der Waals surface area contributed by atoms with Crippen molar-refractivity contribution in [1.82, 2.24) is 5.06 Å². The van der Waals surface area contributed by atoms with Crippen molar-refractivity contribution in [2.45, 2.75) is 13.0 Å². The molecule has 0 aliphatic carbocycles. The van der Waals surface area contributed by atoms with Gasteiger partial charge in [-0.2, -0.15) is 0 Å². The molecule has 102 valence electrons. The first kappa shape index (κ1) is 12.8. The van der Waals surface area contributed by atoms with Crippen LogP contribution >= 0.6 is 0 Å². The number of hydroxylamine groups is 2. The second kappa shape index (κ2) is 5.07. The number of hydrogen-bond donors (Lipinski definition) is 3. The van der Waals surface area contributed by atoms with Crippen LogP contribution in [-0.4, -0.2) is 27.6 Å². The fourth-order valence-corrected chi connectivity index (χ4v) is 2.56. The summed E-state index contributed by atoms with van der Waals surface area (Å²) in [6, 6.07) is 11.7. The van der Waals surface area contributed by atoms with Crippen molar-refractivity contribution in [2.24, 2.45) is 0 Å². The fourth-order valence-electron chi connectivity index (χ4n) is 2.56. The van der Waals surface area contributed by atoms with E-state index in [0.717, 1.165) is 32.7 Å². The number of aliphatic hydroxyl groups excluding tert-OH is 1. The molecule has 2 aromatic carbocycles. The summed E-state index contributed by atoms with van der Waals surface area (Å²) < 4.78 is 0. The molecule has 2 aromatic rings. The predicted octanol–water partition coefficient (Wildman–Crippen LogP) is 2.79. The van der Waals surface area contributed by atoms with E-state index in [4.69, 9.17) is 5.41 Å². The quantitative estimate of drug-likeness (QED) is 0.784. The summed E-state index contributed by atoms with van der Waals surface area (Å²) in [4.78, 5) is 0. The van der Waals surface area contributed by atoms with E-state index in [0.29, 0.717) is 12.1 Å². The molecule has 0 unspecified atom stereocenters. The standard InChI is InChI=1S/C16H16N2O2/c17-13-5-7-16(18(20)9-13)15-3-1-2-12-8-11(10-19)4-6-14(12)15/h1-4,6-8,17,19-20H,5,9-10H2. The molecule has 0 aromatic heterocycles. The van der Waals surface area contributed by atoms with Crippen LogP contribution in [0.25, 0.3) is 16.5 Å². The summed E-state index contributed by atoms with van der Waals surface area (Å²) in [5.41, 5.74) is 3.05. The van der Waals surface area contributed by atoms with Gasteiger partial charge in [0, 0.05) is 17.7 Å². The molecule has 0 saturated carbocycles. The van der Waals surface area contributed by atoms with Gasteiger partial charge < -0.3 is 10.5 Å². The van der Waals surface area contributed by atoms with Crippen molar-refractivity contribution in [1.29, 1.82) is 5.41 Å². The molecule has 4 nitrogen and oxygen atoms in total. The number of aliphatic hydroxyl groups is 1. The molecular formula is C16H16N2O2. The molecule has 3 rings (SSSR count). The molecule has 0 fully saturated rings. The van der Waals surface area contributed by atoms with Gasteiger partial charge in [-0.15, -0.1) is 0 Å². The maximum atomic E-state index is 10.0. The summed E-state index contributed by atoms with van der Waals surface area (Å²) in [7, 11) is 0. The first-order valence-corrected chi connectivity index (χ1v) is 6.55. The Labute approximate surface area is 117 Å². The van der Waals surface area contributed by atoms with E-state index in [1.165, 1.54) is 0 Å². The van der Waals surface area contributed by atoms with Gasteiger partial charge in [0.2, 0.25) is 0 Å². The number of benzene rings is 2. The van der Waals surface area contributed by atoms with Gasteiger partial charge in [-0.25, -0.2) is 0 Å². The van der Waals surface area contributed by atoms with Crippen LogP contribution in [0.5, 0.6) is 0 Å². The lowest BCUT2D eigenvalue weighted by Gasteiger charge is -2.25. The third kappa shape index (κ3) is 2.19. The van der Waals surface area contributed by atoms with Crippen molar-refractivity contribution in [3.05, 3.63) is 53.6 Å². The van der Waals surface area contributed by atoms with E-state index in [2.05, 4.69) is 0 Å². The molecule has 0 atom stereocenters. The van der Waals surface area contributed by atoms with Crippen molar-refractivity contribution in [3.63, 3.8) is 0 Å². The molecule has 0 amide bonds. The van der Waals surface area contributed by atoms with Crippen LogP contribution in [0.2, 0.25) is 0 Å². The highest BCUT2D eigenvalue weighted by Crippen LogP contribution is 2.29. The van der Waals surface area contributed by atoms with Gasteiger partial charge >= 0.3 is 0 Å². The maximum Gasteiger partial charge on any atom is 0.0832 e. The summed E-state index contributed by atoms with van der Waals surface area (Å²) in [6.07, 6.45) is 2.44. The fraction of sp³-hybridized carbons (Fsp3) is 0.188. The monoisotopic (exact) mass is 268 g/mol. The number of allylic oxidation sites excluding steroid dienone is 1. The van der Waals surface area contributed by atoms with Crippen LogP contribution < -0.4 is 0 Å². The number of rotatable bonds is 2. The van der Waals surface area contributed by atoms with Gasteiger partial charge in [0.15, 0.2) is 0 Å². The Bertz CT molecular complexity index is 707. The van der Waals surface area contributed by atoms with Crippen LogP contribution in [-0.2, 0) is 6.61 Å². The lowest BCUT2D eigenvalue weighted by atomic mass is 9.98. The average Bonchev–Trinajstić information content (AvgIpc) is 2.46. The molecule has 0 spiro atoms. The van der Waals surface area contributed by atoms with E-state index >= 15 is 0 Å². The van der Waals surface area contributed by atoms with Crippen LogP contribution in [0.1, 0.15) is 17.5 Å². The van der Waals surface area contributed by atoms with Crippen molar-refractivity contribution >= 4 is 22.2 Å². The third-order valence-corrected chi connectivity index (χ3v) is 3.56. The number of nitrogens with zero attached hydrogens (tertiary/aromatic N) is 1. The smallest absolute Gasteiger partial charge is 0.0832 e. The molecule has 1 aliphatic rings. The van der Waals surface area contributed by atoms with Gasteiger partial charge in [0.1, 0.15) is 0 Å². The maximum absolute atomic E-state index is 10.0. The number of nitrogens with one attached hydrogen (secondary N) is 1. The van der Waals surface area contributed by atoms with Gasteiger partial charge in [-0.05, 0) is 22.4 Å². The summed E-state index contributed by atoms with van der Waals surface area (Å²) in [5, 5.41) is 30.0. The number of fused-ring (bicyclic) bond motifs is 1. The Morgan fingerprint density at radius 3 is 2.80 bits per heavy atom. The molecule has 0 saturated heterocycles. The Kier molecular flexibility index (Phi) is 3.26. The lowest BCUT2D eigenvalue weighted by molar-refractivity contribution is -0.0134. The molecule has 1 aliphatic heterocycles. The zero-order chi connectivity index (χ0) is 14.1. The van der Waals surface area contributed by atoms with Gasteiger partial charge in [-0.3, -0.25) is 10.3 Å². The minimum atomic E-state index is 0.0200. The summed E-state index contributed by atoms with van der Waals surface area (Å²) in [5.74, 6) is 0. The van der Waals surface area contributed by atoms with Gasteiger partial charge in [0.25, 0.3) is 0 Å². The topological polar surface area (TPSA) is 67.5 Å². The normalized spacial score (nSPS) is 15.6. The third-order valence-electron chi connectivity index (χ3n) is 3.56. The zero-order valence-electron chi connectivity index (χ0n) is 11.0. The van der Waals surface area contributed by atoms with Crippen LogP contribution in [0, 0.1) is 5.41 Å². The summed E-state index contributed by atoms with van der Waals surface area (Å²) >= 11 is 0. The largest absolute Gasteiger partial charge is 0.392 e. The first-order chi connectivity index (χ1) is 9.69. The average molecular weight is 268 g/mol. The minimum Gasteiger partial charge on any atom is -0.392 e. The highest BCUT2D eigenvalue weighted by atomic mass is 16.5. The predicted molar refractivity (Wildman–Crippen MR) is 78.7 cm³/mol. The molecule has 4 heteroatoms. The Morgan fingerprint density at radius 2 is 2.05 bits per heavy atom. The van der Waals surface area contributed by atoms with Crippen molar-refractivity contribution in [2.75, 3.05) is 6.54 Å². The second-order valence-electron chi connectivity index (χ2n) is 4.97. The molecule has 3 N–H and O–H groups in total. The van der Waals surface area contributed by atoms with E-state index in [1.807, 2.05) is 42.5 Å². The van der Waals surface area contributed by atoms with Gasteiger partial charge in [-0.1, -0.05) is 36.4 Å². The second-order valence-corrected chi connectivity index (χ2v) is 4.97. The highest BCUT2D eigenvalue weighted by molar-refractivity contribution is 5.97. The van der Waals surface area contributed by atoms with E-state index < -0.39 is 0 Å². The Morgan fingerprint density at radius 1 is 1.20 bits per heavy atom. The Balaban J connectivity index is 2.14. The van der Waals surface area contributed by atoms with Crippen LogP contribution in [0.15, 0.2) is 42.5 Å².